The number of rotatable bonds is 7. The van der Waals surface area contributed by atoms with Gasteiger partial charge in [-0.05, 0) is 48.0 Å². The first-order valence-electron chi connectivity index (χ1n) is 5.78. The second-order valence-electron chi connectivity index (χ2n) is 4.20. The Bertz CT molecular complexity index is 416. The molecular weight excluding hydrogens is 314 g/mol. The summed E-state index contributed by atoms with van der Waals surface area (Å²) in [6.45, 7) is 4.65. The molecule has 100 valence electrons. The van der Waals surface area contributed by atoms with E-state index in [4.69, 9.17) is 5.73 Å². The quantitative estimate of drug-likeness (QED) is 0.751. The summed E-state index contributed by atoms with van der Waals surface area (Å²) in [6.07, 6.45) is 2.69. The largest absolute Gasteiger partial charge is 0.368 e. The zero-order chi connectivity index (χ0) is 13.6. The molecule has 1 unspecified atom stereocenters. The fourth-order valence-corrected chi connectivity index (χ4v) is 2.91. The first kappa shape index (κ1) is 15.5. The molecule has 0 saturated heterocycles. The highest BCUT2D eigenvalue weighted by molar-refractivity contribution is 9.10. The molecular formula is C12H18BrN3OS. The van der Waals surface area contributed by atoms with Crippen LogP contribution in [0.3, 0.4) is 0 Å². The van der Waals surface area contributed by atoms with Crippen LogP contribution in [0, 0.1) is 0 Å². The highest BCUT2D eigenvalue weighted by atomic mass is 79.9. The second kappa shape index (κ2) is 7.11. The molecule has 0 bridgehead atoms. The molecule has 0 radical (unpaired) electrons. The van der Waals surface area contributed by atoms with Crippen LogP contribution in [0.15, 0.2) is 27.8 Å². The van der Waals surface area contributed by atoms with Gasteiger partial charge in [0.1, 0.15) is 10.6 Å². The number of halogens is 1. The number of hydrogen-bond donors (Lipinski definition) is 2. The van der Waals surface area contributed by atoms with Crippen LogP contribution in [-0.4, -0.2) is 28.7 Å². The third-order valence-corrected chi connectivity index (χ3v) is 4.75. The van der Waals surface area contributed by atoms with Crippen molar-refractivity contribution in [2.75, 3.05) is 12.3 Å². The molecule has 1 heterocycles. The van der Waals surface area contributed by atoms with Gasteiger partial charge in [0.05, 0.1) is 0 Å². The molecule has 4 nitrogen and oxygen atoms in total. The molecule has 18 heavy (non-hydrogen) atoms. The number of pyridine rings is 1. The molecule has 1 aromatic rings. The average Bonchev–Trinajstić information content (AvgIpc) is 2.35. The van der Waals surface area contributed by atoms with Crippen LogP contribution in [0.25, 0.3) is 0 Å². The molecule has 0 aliphatic carbocycles. The van der Waals surface area contributed by atoms with Gasteiger partial charge in [0.15, 0.2) is 0 Å². The molecule has 0 fully saturated rings. The van der Waals surface area contributed by atoms with Gasteiger partial charge in [0.25, 0.3) is 0 Å². The van der Waals surface area contributed by atoms with Gasteiger partial charge in [-0.3, -0.25) is 4.79 Å². The summed E-state index contributed by atoms with van der Waals surface area (Å²) in [5, 5.41) is 4.06. The highest BCUT2D eigenvalue weighted by Gasteiger charge is 2.30. The van der Waals surface area contributed by atoms with E-state index in [2.05, 4.69) is 33.2 Å². The van der Waals surface area contributed by atoms with Gasteiger partial charge in [-0.1, -0.05) is 6.92 Å². The molecule has 0 saturated carbocycles. The smallest absolute Gasteiger partial charge is 0.238 e. The Morgan fingerprint density at radius 2 is 2.39 bits per heavy atom. The van der Waals surface area contributed by atoms with E-state index in [9.17, 15) is 4.79 Å². The van der Waals surface area contributed by atoms with E-state index >= 15 is 0 Å². The monoisotopic (exact) mass is 331 g/mol. The average molecular weight is 332 g/mol. The lowest BCUT2D eigenvalue weighted by molar-refractivity contribution is -0.122. The maximum absolute atomic E-state index is 11.5. The number of thioether (sulfide) groups is 1. The summed E-state index contributed by atoms with van der Waals surface area (Å²) in [5.41, 5.74) is 4.76. The zero-order valence-corrected chi connectivity index (χ0v) is 13.0. The molecule has 1 rings (SSSR count). The van der Waals surface area contributed by atoms with Crippen molar-refractivity contribution in [2.45, 2.75) is 30.8 Å². The van der Waals surface area contributed by atoms with Crippen molar-refractivity contribution in [1.82, 2.24) is 10.3 Å². The van der Waals surface area contributed by atoms with Crippen LogP contribution < -0.4 is 11.1 Å². The number of aromatic nitrogens is 1. The third-order valence-electron chi connectivity index (χ3n) is 2.53. The zero-order valence-electron chi connectivity index (χ0n) is 10.6. The minimum Gasteiger partial charge on any atom is -0.368 e. The maximum atomic E-state index is 11.5. The highest BCUT2D eigenvalue weighted by Crippen LogP contribution is 2.27. The van der Waals surface area contributed by atoms with Gasteiger partial charge < -0.3 is 11.1 Å². The molecule has 0 aromatic carbocycles. The van der Waals surface area contributed by atoms with Crippen molar-refractivity contribution < 1.29 is 4.79 Å². The van der Waals surface area contributed by atoms with E-state index in [1.807, 2.05) is 19.1 Å². The molecule has 0 spiro atoms. The first-order chi connectivity index (χ1) is 8.49. The van der Waals surface area contributed by atoms with Crippen molar-refractivity contribution in [3.05, 3.63) is 22.8 Å². The predicted octanol–water partition coefficient (Wildman–Crippen LogP) is 2.18. The minimum atomic E-state index is -0.711. The SMILES string of the molecule is CCCNC(C)(CSc1ncccc1Br)C(N)=O. The fraction of sp³-hybridized carbons (Fsp3) is 0.500. The predicted molar refractivity (Wildman–Crippen MR) is 78.6 cm³/mol. The van der Waals surface area contributed by atoms with Crippen LogP contribution in [0.1, 0.15) is 20.3 Å². The number of amides is 1. The number of carbonyl (C=O) groups excluding carboxylic acids is 1. The van der Waals surface area contributed by atoms with Crippen LogP contribution >= 0.6 is 27.7 Å². The molecule has 1 aromatic heterocycles. The summed E-state index contributed by atoms with van der Waals surface area (Å²) in [6, 6.07) is 3.78. The summed E-state index contributed by atoms with van der Waals surface area (Å²) in [7, 11) is 0. The Labute approximate surface area is 120 Å². The summed E-state index contributed by atoms with van der Waals surface area (Å²) < 4.78 is 0.928. The van der Waals surface area contributed by atoms with Crippen LogP contribution in [0.5, 0.6) is 0 Å². The Hall–Kier alpha value is -0.590. The molecule has 3 N–H and O–H groups in total. The number of nitrogens with two attached hydrogens (primary N) is 1. The van der Waals surface area contributed by atoms with Gasteiger partial charge in [0, 0.05) is 16.4 Å². The van der Waals surface area contributed by atoms with Gasteiger partial charge in [-0.25, -0.2) is 4.98 Å². The van der Waals surface area contributed by atoms with E-state index in [-0.39, 0.29) is 5.91 Å². The number of primary amides is 1. The first-order valence-corrected chi connectivity index (χ1v) is 7.55. The molecule has 6 heteroatoms. The fourth-order valence-electron chi connectivity index (χ4n) is 1.30. The van der Waals surface area contributed by atoms with E-state index < -0.39 is 5.54 Å². The van der Waals surface area contributed by atoms with E-state index in [1.54, 1.807) is 6.20 Å². The topological polar surface area (TPSA) is 68.0 Å². The lowest BCUT2D eigenvalue weighted by atomic mass is 10.1. The van der Waals surface area contributed by atoms with Crippen molar-refractivity contribution in [3.63, 3.8) is 0 Å². The van der Waals surface area contributed by atoms with Crippen molar-refractivity contribution >= 4 is 33.6 Å². The van der Waals surface area contributed by atoms with Crippen LogP contribution in [0.4, 0.5) is 0 Å². The van der Waals surface area contributed by atoms with Crippen molar-refractivity contribution in [2.24, 2.45) is 5.73 Å². The molecule has 0 aliphatic rings. The van der Waals surface area contributed by atoms with Crippen molar-refractivity contribution in [1.29, 1.82) is 0 Å². The lowest BCUT2D eigenvalue weighted by Crippen LogP contribution is -2.55. The number of hydrogen-bond acceptors (Lipinski definition) is 4. The summed E-state index contributed by atoms with van der Waals surface area (Å²) >= 11 is 4.95. The van der Waals surface area contributed by atoms with Gasteiger partial charge in [0.2, 0.25) is 5.91 Å². The van der Waals surface area contributed by atoms with Gasteiger partial charge >= 0.3 is 0 Å². The minimum absolute atomic E-state index is 0.337. The summed E-state index contributed by atoms with van der Waals surface area (Å²) in [4.78, 5) is 15.8. The Morgan fingerprint density at radius 3 is 2.94 bits per heavy atom. The maximum Gasteiger partial charge on any atom is 0.238 e. The Morgan fingerprint density at radius 1 is 1.67 bits per heavy atom. The Balaban J connectivity index is 2.68. The van der Waals surface area contributed by atoms with E-state index in [0.717, 1.165) is 22.5 Å². The van der Waals surface area contributed by atoms with Crippen LogP contribution in [0.2, 0.25) is 0 Å². The third kappa shape index (κ3) is 4.26. The van der Waals surface area contributed by atoms with E-state index in [1.165, 1.54) is 11.8 Å². The van der Waals surface area contributed by atoms with Gasteiger partial charge in [-0.2, -0.15) is 0 Å². The number of carbonyl (C=O) groups is 1. The summed E-state index contributed by atoms with van der Waals surface area (Å²) in [5.74, 6) is 0.216. The molecule has 1 atom stereocenters. The second-order valence-corrected chi connectivity index (χ2v) is 6.02. The standard InChI is InChI=1S/C12H18BrN3OS/c1-3-6-16-12(2,11(14)17)8-18-10-9(13)5-4-7-15-10/h4-5,7,16H,3,6,8H2,1-2H3,(H2,14,17). The Kier molecular flexibility index (Phi) is 6.11. The number of nitrogens with zero attached hydrogens (tertiary/aromatic N) is 1. The van der Waals surface area contributed by atoms with Gasteiger partial charge in [-0.15, -0.1) is 11.8 Å². The number of nitrogens with one attached hydrogen (secondary N) is 1. The van der Waals surface area contributed by atoms with Crippen LogP contribution in [-0.2, 0) is 4.79 Å². The normalized spacial score (nSPS) is 14.2. The molecule has 0 aliphatic heterocycles. The molecule has 1 amide bonds. The lowest BCUT2D eigenvalue weighted by Gasteiger charge is -2.26. The van der Waals surface area contributed by atoms with E-state index in [0.29, 0.717) is 5.75 Å². The van der Waals surface area contributed by atoms with Crippen molar-refractivity contribution in [3.8, 4) is 0 Å².